The molecule has 0 amide bonds. The van der Waals surface area contributed by atoms with E-state index in [2.05, 4.69) is 57.5 Å². The average Bonchev–Trinajstić information content (AvgIpc) is 3.05. The Morgan fingerprint density at radius 1 is 1.10 bits per heavy atom. The van der Waals surface area contributed by atoms with Crippen LogP contribution in [0.15, 0.2) is 72.7 Å². The molecule has 1 atom stereocenters. The molecule has 3 N–H and O–H groups in total. The van der Waals surface area contributed by atoms with Crippen LogP contribution in [0.4, 0.5) is 5.69 Å². The van der Waals surface area contributed by atoms with Crippen molar-refractivity contribution in [2.75, 3.05) is 11.9 Å². The molecule has 146 valence electrons. The maximum Gasteiger partial charge on any atom is 0.0814 e. The first-order valence-electron chi connectivity index (χ1n) is 9.76. The lowest BCUT2D eigenvalue weighted by atomic mass is 9.93. The lowest BCUT2D eigenvalue weighted by molar-refractivity contribution is 0.281. The zero-order chi connectivity index (χ0) is 19.8. The first kappa shape index (κ1) is 18.0. The van der Waals surface area contributed by atoms with Gasteiger partial charge in [-0.15, -0.1) is 5.53 Å². The van der Waals surface area contributed by atoms with Crippen LogP contribution in [0.2, 0.25) is 5.02 Å². The SMILES string of the molecule is CC1=C2c3ccc(-c4cccnc4)cc3C(Nc3ccc(Cl)cc3)CCN2NN1. The number of hydrogen-bond donors (Lipinski definition) is 3. The van der Waals surface area contributed by atoms with Crippen LogP contribution in [0.25, 0.3) is 16.8 Å². The number of pyridine rings is 1. The molecule has 5 rings (SSSR count). The Labute approximate surface area is 175 Å². The molecule has 2 aliphatic rings. The second-order valence-corrected chi connectivity index (χ2v) is 7.83. The lowest BCUT2D eigenvalue weighted by Gasteiger charge is -2.21. The molecule has 3 heterocycles. The molecule has 0 radical (unpaired) electrons. The van der Waals surface area contributed by atoms with Crippen LogP contribution in [0.5, 0.6) is 0 Å². The highest BCUT2D eigenvalue weighted by Crippen LogP contribution is 2.39. The minimum absolute atomic E-state index is 0.176. The molecule has 0 spiro atoms. The number of halogens is 1. The standard InChI is InChI=1S/C23H22ClN5/c1-15-23-20-9-4-16(17-3-2-11-25-14-17)13-21(20)22(10-12-29(23)28-27-15)26-19-7-5-18(24)6-8-19/h2-9,11,13-14,22,26-28H,10,12H2,1H3. The minimum atomic E-state index is 0.176. The first-order chi connectivity index (χ1) is 14.2. The number of hydrazine groups is 2. The highest BCUT2D eigenvalue weighted by molar-refractivity contribution is 6.30. The number of nitrogens with zero attached hydrogens (tertiary/aromatic N) is 2. The van der Waals surface area contributed by atoms with E-state index >= 15 is 0 Å². The summed E-state index contributed by atoms with van der Waals surface area (Å²) in [6.07, 6.45) is 4.67. The maximum atomic E-state index is 6.07. The van der Waals surface area contributed by atoms with E-state index in [1.54, 1.807) is 6.20 Å². The summed E-state index contributed by atoms with van der Waals surface area (Å²) in [7, 11) is 0. The number of aromatic nitrogens is 1. The Morgan fingerprint density at radius 3 is 2.76 bits per heavy atom. The molecule has 1 aromatic heterocycles. The average molecular weight is 404 g/mol. The van der Waals surface area contributed by atoms with Gasteiger partial charge in [0.2, 0.25) is 0 Å². The minimum Gasteiger partial charge on any atom is -0.378 e. The van der Waals surface area contributed by atoms with Crippen molar-refractivity contribution in [1.29, 1.82) is 0 Å². The van der Waals surface area contributed by atoms with E-state index in [0.717, 1.165) is 34.9 Å². The molecule has 2 aliphatic heterocycles. The number of anilines is 1. The van der Waals surface area contributed by atoms with Crippen molar-refractivity contribution in [3.63, 3.8) is 0 Å². The second-order valence-electron chi connectivity index (χ2n) is 7.40. The van der Waals surface area contributed by atoms with Crippen LogP contribution in [-0.2, 0) is 0 Å². The number of rotatable bonds is 3. The van der Waals surface area contributed by atoms with E-state index in [0.29, 0.717) is 0 Å². The Balaban J connectivity index is 1.61. The molecule has 0 fully saturated rings. The summed E-state index contributed by atoms with van der Waals surface area (Å²) >= 11 is 6.07. The summed E-state index contributed by atoms with van der Waals surface area (Å²) in [4.78, 5) is 4.29. The fraction of sp³-hybridized carbons (Fsp3) is 0.174. The van der Waals surface area contributed by atoms with Crippen molar-refractivity contribution in [3.8, 4) is 11.1 Å². The molecule has 2 aromatic carbocycles. The molecular formula is C23H22ClN5. The van der Waals surface area contributed by atoms with Crippen LogP contribution < -0.4 is 16.3 Å². The molecule has 1 unspecified atom stereocenters. The third-order valence-corrected chi connectivity index (χ3v) is 5.76. The molecule has 6 heteroatoms. The van der Waals surface area contributed by atoms with Gasteiger partial charge in [-0.25, -0.2) is 0 Å². The van der Waals surface area contributed by atoms with Gasteiger partial charge in [-0.2, -0.15) is 0 Å². The summed E-state index contributed by atoms with van der Waals surface area (Å²) in [5.74, 6) is 0. The van der Waals surface area contributed by atoms with Gasteiger partial charge < -0.3 is 10.7 Å². The van der Waals surface area contributed by atoms with E-state index in [4.69, 9.17) is 11.6 Å². The molecule has 0 saturated carbocycles. The van der Waals surface area contributed by atoms with Crippen molar-refractivity contribution < 1.29 is 0 Å². The third-order valence-electron chi connectivity index (χ3n) is 5.51. The summed E-state index contributed by atoms with van der Waals surface area (Å²) in [6, 6.07) is 18.8. The Bertz CT molecular complexity index is 1060. The quantitative estimate of drug-likeness (QED) is 0.576. The van der Waals surface area contributed by atoms with Crippen LogP contribution in [0.3, 0.4) is 0 Å². The molecule has 0 bridgehead atoms. The number of nitrogens with one attached hydrogen (secondary N) is 3. The Morgan fingerprint density at radius 2 is 1.97 bits per heavy atom. The smallest absolute Gasteiger partial charge is 0.0814 e. The van der Waals surface area contributed by atoms with Crippen molar-refractivity contribution in [2.24, 2.45) is 0 Å². The van der Waals surface area contributed by atoms with Gasteiger partial charge in [0, 0.05) is 35.2 Å². The predicted molar refractivity (Wildman–Crippen MR) is 118 cm³/mol. The molecule has 5 nitrogen and oxygen atoms in total. The number of benzene rings is 2. The van der Waals surface area contributed by atoms with E-state index in [9.17, 15) is 0 Å². The van der Waals surface area contributed by atoms with Gasteiger partial charge in [-0.1, -0.05) is 29.8 Å². The summed E-state index contributed by atoms with van der Waals surface area (Å²) in [5, 5.41) is 6.65. The van der Waals surface area contributed by atoms with Gasteiger partial charge in [0.1, 0.15) is 0 Å². The summed E-state index contributed by atoms with van der Waals surface area (Å²) < 4.78 is 0. The van der Waals surface area contributed by atoms with Crippen molar-refractivity contribution in [2.45, 2.75) is 19.4 Å². The fourth-order valence-corrected chi connectivity index (χ4v) is 4.20. The zero-order valence-corrected chi connectivity index (χ0v) is 16.9. The fourth-order valence-electron chi connectivity index (χ4n) is 4.07. The van der Waals surface area contributed by atoms with Crippen molar-refractivity contribution >= 4 is 23.0 Å². The maximum absolute atomic E-state index is 6.07. The van der Waals surface area contributed by atoms with Gasteiger partial charge in [0.05, 0.1) is 17.4 Å². The van der Waals surface area contributed by atoms with E-state index in [1.165, 1.54) is 22.4 Å². The second kappa shape index (κ2) is 7.43. The largest absolute Gasteiger partial charge is 0.378 e. The van der Waals surface area contributed by atoms with Gasteiger partial charge in [-0.3, -0.25) is 9.99 Å². The van der Waals surface area contributed by atoms with Crippen LogP contribution in [0, 0.1) is 0 Å². The normalized spacial score (nSPS) is 18.0. The van der Waals surface area contributed by atoms with E-state index in [1.807, 2.05) is 36.5 Å². The molecular weight excluding hydrogens is 382 g/mol. The van der Waals surface area contributed by atoms with Gasteiger partial charge in [0.25, 0.3) is 0 Å². The lowest BCUT2D eigenvalue weighted by Crippen LogP contribution is -2.37. The van der Waals surface area contributed by atoms with Crippen LogP contribution in [0.1, 0.15) is 30.5 Å². The van der Waals surface area contributed by atoms with Crippen molar-refractivity contribution in [3.05, 3.63) is 88.8 Å². The predicted octanol–water partition coefficient (Wildman–Crippen LogP) is 4.97. The van der Waals surface area contributed by atoms with Gasteiger partial charge in [-0.05, 0) is 66.4 Å². The van der Waals surface area contributed by atoms with Crippen molar-refractivity contribution in [1.82, 2.24) is 21.0 Å². The monoisotopic (exact) mass is 403 g/mol. The van der Waals surface area contributed by atoms with Gasteiger partial charge in [0.15, 0.2) is 0 Å². The highest BCUT2D eigenvalue weighted by Gasteiger charge is 2.30. The first-order valence-corrected chi connectivity index (χ1v) is 10.1. The topological polar surface area (TPSA) is 52.2 Å². The van der Waals surface area contributed by atoms with Gasteiger partial charge >= 0.3 is 0 Å². The van der Waals surface area contributed by atoms with E-state index < -0.39 is 0 Å². The number of allylic oxidation sites excluding steroid dienone is 1. The zero-order valence-electron chi connectivity index (χ0n) is 16.1. The number of fused-ring (bicyclic) bond motifs is 3. The molecule has 0 saturated heterocycles. The Kier molecular flexibility index (Phi) is 4.62. The van der Waals surface area contributed by atoms with Crippen LogP contribution in [-0.4, -0.2) is 16.5 Å². The summed E-state index contributed by atoms with van der Waals surface area (Å²) in [5.41, 5.74) is 14.7. The highest BCUT2D eigenvalue weighted by atomic mass is 35.5. The Hall–Kier alpha value is -3.02. The molecule has 0 aliphatic carbocycles. The van der Waals surface area contributed by atoms with Crippen LogP contribution >= 0.6 is 11.6 Å². The molecule has 29 heavy (non-hydrogen) atoms. The third kappa shape index (κ3) is 3.43. The summed E-state index contributed by atoms with van der Waals surface area (Å²) in [6.45, 7) is 3.00. The van der Waals surface area contributed by atoms with E-state index in [-0.39, 0.29) is 6.04 Å². The molecule has 3 aromatic rings. The number of hydrogen-bond acceptors (Lipinski definition) is 5.